The third-order valence-corrected chi connectivity index (χ3v) is 3.45. The van der Waals surface area contributed by atoms with Gasteiger partial charge in [0.2, 0.25) is 0 Å². The van der Waals surface area contributed by atoms with Crippen LogP contribution in [0.15, 0.2) is 46.6 Å². The van der Waals surface area contributed by atoms with Gasteiger partial charge in [0, 0.05) is 23.3 Å². The third kappa shape index (κ3) is 4.34. The number of nitro benzene ring substituents is 2. The van der Waals surface area contributed by atoms with Gasteiger partial charge in [0.25, 0.3) is 11.4 Å². The summed E-state index contributed by atoms with van der Waals surface area (Å²) in [5.41, 5.74) is 0.395. The summed E-state index contributed by atoms with van der Waals surface area (Å²) < 4.78 is 0. The Hall–Kier alpha value is -2.84. The Balaban J connectivity index is 2.16. The third-order valence-electron chi connectivity index (χ3n) is 2.81. The summed E-state index contributed by atoms with van der Waals surface area (Å²) in [4.78, 5) is 20.4. The lowest BCUT2D eigenvalue weighted by Crippen LogP contribution is -1.92. The van der Waals surface area contributed by atoms with E-state index in [1.165, 1.54) is 36.7 Å². The van der Waals surface area contributed by atoms with Gasteiger partial charge in [-0.1, -0.05) is 35.3 Å². The fourth-order valence-corrected chi connectivity index (χ4v) is 2.07. The van der Waals surface area contributed by atoms with Crippen LogP contribution in [0.2, 0.25) is 10.0 Å². The largest absolute Gasteiger partial charge is 0.288 e. The van der Waals surface area contributed by atoms with Gasteiger partial charge in [-0.15, -0.1) is 0 Å². The second-order valence-corrected chi connectivity index (χ2v) is 5.24. The van der Waals surface area contributed by atoms with Crippen LogP contribution >= 0.6 is 23.2 Å². The van der Waals surface area contributed by atoms with E-state index in [2.05, 4.69) is 10.2 Å². The molecule has 122 valence electrons. The summed E-state index contributed by atoms with van der Waals surface area (Å²) in [7, 11) is 0. The molecule has 2 aromatic carbocycles. The molecule has 0 saturated heterocycles. The van der Waals surface area contributed by atoms with E-state index in [1.54, 1.807) is 12.1 Å². The zero-order valence-electron chi connectivity index (χ0n) is 11.8. The first-order valence-corrected chi connectivity index (χ1v) is 7.08. The van der Waals surface area contributed by atoms with Crippen molar-refractivity contribution < 1.29 is 9.85 Å². The smallest absolute Gasteiger partial charge is 0.258 e. The average molecular weight is 367 g/mol. The van der Waals surface area contributed by atoms with Crippen LogP contribution in [0.3, 0.4) is 0 Å². The van der Waals surface area contributed by atoms with Crippen molar-refractivity contribution in [1.82, 2.24) is 0 Å². The minimum Gasteiger partial charge on any atom is -0.258 e. The van der Waals surface area contributed by atoms with E-state index in [0.717, 1.165) is 0 Å². The van der Waals surface area contributed by atoms with Gasteiger partial charge in [-0.3, -0.25) is 20.2 Å². The van der Waals surface area contributed by atoms with Gasteiger partial charge in [-0.05, 0) is 12.1 Å². The Morgan fingerprint density at radius 2 is 1.17 bits per heavy atom. The zero-order chi connectivity index (χ0) is 17.7. The molecule has 0 heterocycles. The standard InChI is InChI=1S/C14H8Cl2N4O4/c15-11-3-1-9(5-13(11)19(21)22)7-17-18-8-10-2-4-12(16)14(6-10)20(23)24/h1-8H. The van der Waals surface area contributed by atoms with Crippen molar-refractivity contribution in [2.45, 2.75) is 0 Å². The summed E-state index contributed by atoms with van der Waals surface area (Å²) in [6.45, 7) is 0. The minimum absolute atomic E-state index is 0.0223. The summed E-state index contributed by atoms with van der Waals surface area (Å²) in [6.07, 6.45) is 2.59. The first-order valence-electron chi connectivity index (χ1n) is 6.33. The predicted octanol–water partition coefficient (Wildman–Crippen LogP) is 4.26. The Bertz CT molecular complexity index is 796. The molecule has 0 aromatic heterocycles. The van der Waals surface area contributed by atoms with E-state index in [1.807, 2.05) is 0 Å². The molecule has 0 bridgehead atoms. The fourth-order valence-electron chi connectivity index (χ4n) is 1.70. The normalized spacial score (nSPS) is 11.2. The van der Waals surface area contributed by atoms with Crippen LogP contribution in [0.4, 0.5) is 11.4 Å². The molecular formula is C14H8Cl2N4O4. The topological polar surface area (TPSA) is 111 Å². The number of hydrogen-bond donors (Lipinski definition) is 0. The lowest BCUT2D eigenvalue weighted by molar-refractivity contribution is -0.384. The highest BCUT2D eigenvalue weighted by molar-refractivity contribution is 6.33. The van der Waals surface area contributed by atoms with Crippen molar-refractivity contribution in [3.63, 3.8) is 0 Å². The second-order valence-electron chi connectivity index (χ2n) is 4.43. The fraction of sp³-hybridized carbons (Fsp3) is 0. The maximum Gasteiger partial charge on any atom is 0.288 e. The van der Waals surface area contributed by atoms with Crippen molar-refractivity contribution in [1.29, 1.82) is 0 Å². The van der Waals surface area contributed by atoms with Crippen LogP contribution in [-0.2, 0) is 0 Å². The highest BCUT2D eigenvalue weighted by Gasteiger charge is 2.12. The van der Waals surface area contributed by atoms with Gasteiger partial charge < -0.3 is 0 Å². The zero-order valence-corrected chi connectivity index (χ0v) is 13.3. The number of nitrogens with zero attached hydrogens (tertiary/aromatic N) is 4. The molecule has 0 aliphatic carbocycles. The van der Waals surface area contributed by atoms with E-state index in [9.17, 15) is 20.2 Å². The molecule has 2 aromatic rings. The van der Waals surface area contributed by atoms with Crippen LogP contribution in [0.1, 0.15) is 11.1 Å². The minimum atomic E-state index is -0.601. The van der Waals surface area contributed by atoms with Crippen LogP contribution in [0.5, 0.6) is 0 Å². The van der Waals surface area contributed by atoms with Gasteiger partial charge in [0.15, 0.2) is 0 Å². The molecule has 0 spiro atoms. The van der Waals surface area contributed by atoms with Gasteiger partial charge in [0.05, 0.1) is 22.3 Å². The van der Waals surface area contributed by atoms with Crippen molar-refractivity contribution in [3.8, 4) is 0 Å². The van der Waals surface area contributed by atoms with E-state index in [4.69, 9.17) is 23.2 Å². The van der Waals surface area contributed by atoms with Crippen LogP contribution < -0.4 is 0 Å². The van der Waals surface area contributed by atoms with Crippen LogP contribution in [-0.4, -0.2) is 22.3 Å². The Kier molecular flexibility index (Phi) is 5.56. The number of halogens is 2. The molecule has 0 unspecified atom stereocenters. The van der Waals surface area contributed by atoms with Gasteiger partial charge in [-0.2, -0.15) is 10.2 Å². The maximum absolute atomic E-state index is 10.8. The quantitative estimate of drug-likeness (QED) is 0.446. The molecule has 24 heavy (non-hydrogen) atoms. The molecule has 0 fully saturated rings. The molecule has 10 heteroatoms. The van der Waals surface area contributed by atoms with E-state index in [0.29, 0.717) is 11.1 Å². The van der Waals surface area contributed by atoms with Gasteiger partial charge >= 0.3 is 0 Å². The van der Waals surface area contributed by atoms with Gasteiger partial charge in [0.1, 0.15) is 10.0 Å². The molecule has 2 rings (SSSR count). The Morgan fingerprint density at radius 1 is 0.792 bits per heavy atom. The molecule has 0 atom stereocenters. The number of hydrogen-bond acceptors (Lipinski definition) is 6. The molecule has 0 radical (unpaired) electrons. The SMILES string of the molecule is O=[N+]([O-])c1cc(C=NN=Cc2ccc(Cl)c([N+](=O)[O-])c2)ccc1Cl. The monoisotopic (exact) mass is 366 g/mol. The summed E-state index contributed by atoms with van der Waals surface area (Å²) >= 11 is 11.4. The molecule has 0 saturated carbocycles. The molecule has 8 nitrogen and oxygen atoms in total. The van der Waals surface area contributed by atoms with Crippen molar-refractivity contribution >= 4 is 47.0 Å². The van der Waals surface area contributed by atoms with Crippen molar-refractivity contribution in [3.05, 3.63) is 77.8 Å². The maximum atomic E-state index is 10.8. The molecule has 0 amide bonds. The van der Waals surface area contributed by atoms with Crippen molar-refractivity contribution in [2.75, 3.05) is 0 Å². The van der Waals surface area contributed by atoms with E-state index < -0.39 is 9.85 Å². The van der Waals surface area contributed by atoms with E-state index in [-0.39, 0.29) is 21.4 Å². The average Bonchev–Trinajstić information content (AvgIpc) is 2.53. The van der Waals surface area contributed by atoms with Crippen LogP contribution in [0, 0.1) is 20.2 Å². The highest BCUT2D eigenvalue weighted by atomic mass is 35.5. The Morgan fingerprint density at radius 3 is 1.50 bits per heavy atom. The Labute approximate surface area is 145 Å². The summed E-state index contributed by atoms with van der Waals surface area (Å²) in [6, 6.07) is 8.37. The lowest BCUT2D eigenvalue weighted by atomic mass is 10.2. The highest BCUT2D eigenvalue weighted by Crippen LogP contribution is 2.25. The molecule has 0 aliphatic heterocycles. The van der Waals surface area contributed by atoms with Gasteiger partial charge in [-0.25, -0.2) is 0 Å². The lowest BCUT2D eigenvalue weighted by Gasteiger charge is -1.96. The van der Waals surface area contributed by atoms with Crippen molar-refractivity contribution in [2.24, 2.45) is 10.2 Å². The number of rotatable bonds is 5. The number of benzene rings is 2. The second kappa shape index (κ2) is 7.62. The first kappa shape index (κ1) is 17.5. The molecular weight excluding hydrogens is 359 g/mol. The van der Waals surface area contributed by atoms with Crippen LogP contribution in [0.25, 0.3) is 0 Å². The molecule has 0 N–H and O–H groups in total. The number of nitro groups is 2. The van der Waals surface area contributed by atoms with E-state index >= 15 is 0 Å². The first-order chi connectivity index (χ1) is 11.4. The predicted molar refractivity (Wildman–Crippen MR) is 91.4 cm³/mol. The summed E-state index contributed by atoms with van der Waals surface area (Å²) in [5.74, 6) is 0. The molecule has 0 aliphatic rings. The summed E-state index contributed by atoms with van der Waals surface area (Å²) in [5, 5.41) is 29.1.